The van der Waals surface area contributed by atoms with Crippen LogP contribution >= 0.6 is 15.9 Å². The van der Waals surface area contributed by atoms with Crippen LogP contribution in [0.1, 0.15) is 5.56 Å². The van der Waals surface area contributed by atoms with Crippen molar-refractivity contribution in [1.82, 2.24) is 4.90 Å². The summed E-state index contributed by atoms with van der Waals surface area (Å²) < 4.78 is 16.6. The second kappa shape index (κ2) is 7.74. The molecule has 0 aliphatic heterocycles. The van der Waals surface area contributed by atoms with E-state index in [1.807, 2.05) is 19.2 Å². The highest BCUT2D eigenvalue weighted by Crippen LogP contribution is 2.26. The lowest BCUT2D eigenvalue weighted by Crippen LogP contribution is -2.31. The Morgan fingerprint density at radius 1 is 1.22 bits per heavy atom. The van der Waals surface area contributed by atoms with Gasteiger partial charge in [0, 0.05) is 27.3 Å². The van der Waals surface area contributed by atoms with Crippen LogP contribution in [0.15, 0.2) is 22.7 Å². The first kappa shape index (κ1) is 15.4. The molecule has 0 aliphatic carbocycles. The molecule has 1 aromatic rings. The van der Waals surface area contributed by atoms with Crippen molar-refractivity contribution in [3.8, 4) is 5.75 Å². The van der Waals surface area contributed by atoms with E-state index in [4.69, 9.17) is 14.2 Å². The first-order valence-corrected chi connectivity index (χ1v) is 6.46. The molecule has 0 atom stereocenters. The highest BCUT2D eigenvalue weighted by molar-refractivity contribution is 9.10. The first-order valence-electron chi connectivity index (χ1n) is 5.67. The van der Waals surface area contributed by atoms with Gasteiger partial charge in [-0.3, -0.25) is 4.90 Å². The molecule has 18 heavy (non-hydrogen) atoms. The molecule has 0 saturated carbocycles. The Bertz CT molecular complexity index is 369. The molecule has 0 fully saturated rings. The zero-order chi connectivity index (χ0) is 13.5. The lowest BCUT2D eigenvalue weighted by molar-refractivity contribution is -0.114. The third-order valence-corrected chi connectivity index (χ3v) is 3.31. The molecule has 0 spiro atoms. The summed E-state index contributed by atoms with van der Waals surface area (Å²) in [4.78, 5) is 2.14. The van der Waals surface area contributed by atoms with E-state index in [1.54, 1.807) is 21.3 Å². The Morgan fingerprint density at radius 2 is 1.89 bits per heavy atom. The van der Waals surface area contributed by atoms with E-state index in [-0.39, 0.29) is 6.29 Å². The van der Waals surface area contributed by atoms with Gasteiger partial charge in [-0.2, -0.15) is 0 Å². The fourth-order valence-corrected chi connectivity index (χ4v) is 2.09. The van der Waals surface area contributed by atoms with Gasteiger partial charge >= 0.3 is 0 Å². The summed E-state index contributed by atoms with van der Waals surface area (Å²) in [7, 11) is 6.98. The van der Waals surface area contributed by atoms with Gasteiger partial charge in [-0.15, -0.1) is 0 Å². The molecule has 5 heteroatoms. The summed E-state index contributed by atoms with van der Waals surface area (Å²) in [6, 6.07) is 6.08. The maximum Gasteiger partial charge on any atom is 0.169 e. The fourth-order valence-electron chi connectivity index (χ4n) is 1.68. The van der Waals surface area contributed by atoms with E-state index in [2.05, 4.69) is 26.9 Å². The highest BCUT2D eigenvalue weighted by atomic mass is 79.9. The van der Waals surface area contributed by atoms with Crippen LogP contribution in [0.4, 0.5) is 0 Å². The normalized spacial score (nSPS) is 11.3. The van der Waals surface area contributed by atoms with Crippen molar-refractivity contribution in [1.29, 1.82) is 0 Å². The van der Waals surface area contributed by atoms with E-state index < -0.39 is 0 Å². The Balaban J connectivity index is 2.61. The molecule has 0 N–H and O–H groups in total. The maximum absolute atomic E-state index is 5.28. The number of methoxy groups -OCH3 is 3. The highest BCUT2D eigenvalue weighted by Gasteiger charge is 2.10. The van der Waals surface area contributed by atoms with Crippen molar-refractivity contribution < 1.29 is 14.2 Å². The van der Waals surface area contributed by atoms with E-state index in [9.17, 15) is 0 Å². The van der Waals surface area contributed by atoms with Gasteiger partial charge in [0.15, 0.2) is 6.29 Å². The van der Waals surface area contributed by atoms with E-state index in [0.29, 0.717) is 6.54 Å². The molecule has 1 aromatic carbocycles. The number of rotatable bonds is 7. The van der Waals surface area contributed by atoms with E-state index in [1.165, 1.54) is 5.56 Å². The van der Waals surface area contributed by atoms with Crippen molar-refractivity contribution >= 4 is 15.9 Å². The van der Waals surface area contributed by atoms with Crippen molar-refractivity contribution in [2.45, 2.75) is 12.8 Å². The maximum atomic E-state index is 5.28. The summed E-state index contributed by atoms with van der Waals surface area (Å²) in [5.41, 5.74) is 1.18. The van der Waals surface area contributed by atoms with Crippen LogP contribution in [0.3, 0.4) is 0 Å². The fraction of sp³-hybridized carbons (Fsp3) is 0.538. The van der Waals surface area contributed by atoms with Gasteiger partial charge in [-0.25, -0.2) is 0 Å². The molecule has 4 nitrogen and oxygen atoms in total. The topological polar surface area (TPSA) is 30.9 Å². The average molecular weight is 318 g/mol. The lowest BCUT2D eigenvalue weighted by Gasteiger charge is -2.22. The van der Waals surface area contributed by atoms with Gasteiger partial charge in [0.2, 0.25) is 0 Å². The molecule has 102 valence electrons. The van der Waals surface area contributed by atoms with Gasteiger partial charge < -0.3 is 14.2 Å². The number of benzene rings is 1. The largest absolute Gasteiger partial charge is 0.496 e. The molecule has 0 aromatic heterocycles. The van der Waals surface area contributed by atoms with Crippen LogP contribution in [0.25, 0.3) is 0 Å². The Hall–Kier alpha value is -0.620. The van der Waals surface area contributed by atoms with Crippen molar-refractivity contribution in [2.75, 3.05) is 34.9 Å². The van der Waals surface area contributed by atoms with Gasteiger partial charge in [0.05, 0.1) is 11.6 Å². The number of ether oxygens (including phenoxy) is 3. The summed E-state index contributed by atoms with van der Waals surface area (Å²) >= 11 is 3.44. The summed E-state index contributed by atoms with van der Waals surface area (Å²) in [6.07, 6.45) is -0.202. The second-order valence-electron chi connectivity index (χ2n) is 4.07. The van der Waals surface area contributed by atoms with E-state index >= 15 is 0 Å². The average Bonchev–Trinajstić information content (AvgIpc) is 2.38. The van der Waals surface area contributed by atoms with Crippen LogP contribution in [-0.2, 0) is 16.0 Å². The molecule has 0 unspecified atom stereocenters. The Kier molecular flexibility index (Phi) is 6.63. The number of hydrogen-bond acceptors (Lipinski definition) is 4. The summed E-state index contributed by atoms with van der Waals surface area (Å²) in [5, 5.41) is 0. The standard InChI is InChI=1S/C13H20BrNO3/c1-15(9-13(17-3)18-4)8-10-5-6-11(14)12(7-10)16-2/h5-7,13H,8-9H2,1-4H3. The van der Waals surface area contributed by atoms with Crippen LogP contribution in [0.5, 0.6) is 5.75 Å². The zero-order valence-electron chi connectivity index (χ0n) is 11.3. The molecular formula is C13H20BrNO3. The number of halogens is 1. The quantitative estimate of drug-likeness (QED) is 0.723. The third kappa shape index (κ3) is 4.57. The molecule has 0 radical (unpaired) electrons. The minimum absolute atomic E-state index is 0.202. The number of likely N-dealkylation sites (N-methyl/N-ethyl adjacent to an activating group) is 1. The van der Waals surface area contributed by atoms with Crippen LogP contribution in [-0.4, -0.2) is 46.1 Å². The van der Waals surface area contributed by atoms with Gasteiger partial charge in [0.1, 0.15) is 5.75 Å². The van der Waals surface area contributed by atoms with Gasteiger partial charge in [0.25, 0.3) is 0 Å². The van der Waals surface area contributed by atoms with Crippen molar-refractivity contribution in [3.05, 3.63) is 28.2 Å². The summed E-state index contributed by atoms with van der Waals surface area (Å²) in [6.45, 7) is 1.53. The molecule has 0 bridgehead atoms. The molecule has 0 heterocycles. The van der Waals surface area contributed by atoms with Gasteiger partial charge in [-0.1, -0.05) is 6.07 Å². The van der Waals surface area contributed by atoms with Crippen LogP contribution in [0, 0.1) is 0 Å². The third-order valence-electron chi connectivity index (χ3n) is 2.65. The molecule has 0 amide bonds. The molecular weight excluding hydrogens is 298 g/mol. The van der Waals surface area contributed by atoms with Crippen LogP contribution < -0.4 is 4.74 Å². The Morgan fingerprint density at radius 3 is 2.44 bits per heavy atom. The smallest absolute Gasteiger partial charge is 0.169 e. The minimum atomic E-state index is -0.202. The number of nitrogens with zero attached hydrogens (tertiary/aromatic N) is 1. The van der Waals surface area contributed by atoms with E-state index in [0.717, 1.165) is 16.8 Å². The lowest BCUT2D eigenvalue weighted by atomic mass is 10.2. The second-order valence-corrected chi connectivity index (χ2v) is 4.92. The minimum Gasteiger partial charge on any atom is -0.496 e. The first-order chi connectivity index (χ1) is 8.60. The van der Waals surface area contributed by atoms with Crippen molar-refractivity contribution in [3.63, 3.8) is 0 Å². The monoisotopic (exact) mass is 317 g/mol. The van der Waals surface area contributed by atoms with Gasteiger partial charge in [-0.05, 0) is 40.7 Å². The van der Waals surface area contributed by atoms with Crippen LogP contribution in [0.2, 0.25) is 0 Å². The number of hydrogen-bond donors (Lipinski definition) is 0. The molecule has 0 saturated heterocycles. The predicted molar refractivity (Wildman–Crippen MR) is 74.8 cm³/mol. The Labute approximate surface area is 117 Å². The predicted octanol–water partition coefficient (Wildman–Crippen LogP) is 2.51. The van der Waals surface area contributed by atoms with Crippen molar-refractivity contribution in [2.24, 2.45) is 0 Å². The zero-order valence-corrected chi connectivity index (χ0v) is 12.9. The molecule has 1 rings (SSSR count). The summed E-state index contributed by atoms with van der Waals surface area (Å²) in [5.74, 6) is 0.843. The molecule has 0 aliphatic rings. The SMILES string of the molecule is COc1cc(CN(C)CC(OC)OC)ccc1Br.